The Morgan fingerprint density at radius 2 is 1.86 bits per heavy atom. The predicted molar refractivity (Wildman–Crippen MR) is 106 cm³/mol. The lowest BCUT2D eigenvalue weighted by molar-refractivity contribution is 0.245. The first-order valence-electron chi connectivity index (χ1n) is 9.28. The van der Waals surface area contributed by atoms with E-state index in [1.165, 1.54) is 17.7 Å². The number of methoxy groups -OCH3 is 1. The van der Waals surface area contributed by atoms with Crippen LogP contribution in [0, 0.1) is 5.82 Å². The fourth-order valence-electron chi connectivity index (χ4n) is 3.40. The van der Waals surface area contributed by atoms with Crippen LogP contribution < -0.4 is 9.64 Å². The summed E-state index contributed by atoms with van der Waals surface area (Å²) in [4.78, 5) is 9.10. The smallest absolute Gasteiger partial charge is 0.245 e. The number of ether oxygens (including phenoxy) is 1. The van der Waals surface area contributed by atoms with Gasteiger partial charge in [-0.2, -0.15) is 5.10 Å². The maximum absolute atomic E-state index is 13.5. The van der Waals surface area contributed by atoms with E-state index in [9.17, 15) is 4.39 Å². The Morgan fingerprint density at radius 1 is 1.04 bits per heavy atom. The van der Waals surface area contributed by atoms with Crippen LogP contribution in [0.4, 0.5) is 10.3 Å². The molecule has 0 saturated carbocycles. The molecule has 0 N–H and O–H groups in total. The van der Waals surface area contributed by atoms with Crippen LogP contribution in [0.25, 0.3) is 11.3 Å². The number of hydrogen-bond acceptors (Lipinski definition) is 6. The molecule has 4 rings (SSSR count). The number of anilines is 1. The molecule has 0 spiro atoms. The van der Waals surface area contributed by atoms with Gasteiger partial charge in [-0.3, -0.25) is 4.90 Å². The second kappa shape index (κ2) is 8.31. The largest absolute Gasteiger partial charge is 0.496 e. The van der Waals surface area contributed by atoms with E-state index >= 15 is 0 Å². The van der Waals surface area contributed by atoms with Crippen LogP contribution in [-0.4, -0.2) is 53.4 Å². The summed E-state index contributed by atoms with van der Waals surface area (Å²) in [5.74, 6) is 1.21. The van der Waals surface area contributed by atoms with Crippen molar-refractivity contribution in [3.05, 3.63) is 66.1 Å². The number of rotatable bonds is 5. The monoisotopic (exact) mass is 379 g/mol. The van der Waals surface area contributed by atoms with E-state index in [0.29, 0.717) is 17.2 Å². The SMILES string of the molecule is COc1ccccc1CN1CCN(c2nncc(-c3cccc(F)c3)n2)CC1. The summed E-state index contributed by atoms with van der Waals surface area (Å²) in [5.41, 5.74) is 2.51. The summed E-state index contributed by atoms with van der Waals surface area (Å²) in [6.07, 6.45) is 1.57. The standard InChI is InChI=1S/C21H22FN5O/c1-28-20-8-3-2-5-17(20)15-26-9-11-27(12-10-26)21-24-19(14-23-25-21)16-6-4-7-18(22)13-16/h2-8,13-14H,9-12,15H2,1H3. The van der Waals surface area contributed by atoms with Crippen molar-refractivity contribution in [1.29, 1.82) is 0 Å². The summed E-state index contributed by atoms with van der Waals surface area (Å²) in [6.45, 7) is 4.25. The fraction of sp³-hybridized carbons (Fsp3) is 0.286. The van der Waals surface area contributed by atoms with Crippen molar-refractivity contribution in [3.8, 4) is 17.0 Å². The van der Waals surface area contributed by atoms with Crippen LogP contribution in [0.3, 0.4) is 0 Å². The molecule has 0 bridgehead atoms. The van der Waals surface area contributed by atoms with Gasteiger partial charge in [0.15, 0.2) is 0 Å². The van der Waals surface area contributed by atoms with Gasteiger partial charge in [-0.15, -0.1) is 5.10 Å². The lowest BCUT2D eigenvalue weighted by Gasteiger charge is -2.34. The molecule has 2 aromatic carbocycles. The molecule has 28 heavy (non-hydrogen) atoms. The van der Waals surface area contributed by atoms with Crippen molar-refractivity contribution < 1.29 is 9.13 Å². The van der Waals surface area contributed by atoms with Crippen LogP contribution in [0.2, 0.25) is 0 Å². The fourth-order valence-corrected chi connectivity index (χ4v) is 3.40. The van der Waals surface area contributed by atoms with Crippen molar-refractivity contribution in [1.82, 2.24) is 20.1 Å². The van der Waals surface area contributed by atoms with Crippen molar-refractivity contribution >= 4 is 5.95 Å². The van der Waals surface area contributed by atoms with Crippen LogP contribution in [-0.2, 0) is 6.54 Å². The summed E-state index contributed by atoms with van der Waals surface area (Å²) in [6, 6.07) is 14.5. The molecule has 1 aliphatic heterocycles. The van der Waals surface area contributed by atoms with Gasteiger partial charge < -0.3 is 9.64 Å². The first-order chi connectivity index (χ1) is 13.7. The van der Waals surface area contributed by atoms with Gasteiger partial charge in [0.25, 0.3) is 0 Å². The molecule has 6 nitrogen and oxygen atoms in total. The minimum Gasteiger partial charge on any atom is -0.496 e. The van der Waals surface area contributed by atoms with Gasteiger partial charge in [0.2, 0.25) is 5.95 Å². The van der Waals surface area contributed by atoms with Gasteiger partial charge in [-0.1, -0.05) is 30.3 Å². The average Bonchev–Trinajstić information content (AvgIpc) is 2.75. The maximum Gasteiger partial charge on any atom is 0.245 e. The molecule has 0 unspecified atom stereocenters. The molecular weight excluding hydrogens is 357 g/mol. The summed E-state index contributed by atoms with van der Waals surface area (Å²) in [5, 5.41) is 8.25. The zero-order valence-electron chi connectivity index (χ0n) is 15.8. The highest BCUT2D eigenvalue weighted by Crippen LogP contribution is 2.22. The molecule has 3 aromatic rings. The Labute approximate surface area is 163 Å². The third-order valence-electron chi connectivity index (χ3n) is 4.91. The van der Waals surface area contributed by atoms with E-state index in [1.807, 2.05) is 24.3 Å². The molecule has 144 valence electrons. The second-order valence-electron chi connectivity index (χ2n) is 6.73. The van der Waals surface area contributed by atoms with E-state index < -0.39 is 0 Å². The average molecular weight is 379 g/mol. The van der Waals surface area contributed by atoms with Crippen molar-refractivity contribution in [2.75, 3.05) is 38.2 Å². The number of aromatic nitrogens is 3. The molecular formula is C21H22FN5O. The first kappa shape index (κ1) is 18.3. The molecule has 2 heterocycles. The van der Waals surface area contributed by atoms with E-state index in [0.717, 1.165) is 38.5 Å². The number of hydrogen-bond donors (Lipinski definition) is 0. The van der Waals surface area contributed by atoms with Gasteiger partial charge in [-0.05, 0) is 18.2 Å². The zero-order chi connectivity index (χ0) is 19.3. The quantitative estimate of drug-likeness (QED) is 0.679. The van der Waals surface area contributed by atoms with Gasteiger partial charge in [0, 0.05) is 43.9 Å². The molecule has 1 aromatic heterocycles. The van der Waals surface area contributed by atoms with Gasteiger partial charge in [-0.25, -0.2) is 9.37 Å². The summed E-state index contributed by atoms with van der Waals surface area (Å²) in [7, 11) is 1.70. The van der Waals surface area contributed by atoms with Crippen molar-refractivity contribution in [2.45, 2.75) is 6.54 Å². The molecule has 1 fully saturated rings. The third-order valence-corrected chi connectivity index (χ3v) is 4.91. The number of piperazine rings is 1. The number of benzene rings is 2. The Balaban J connectivity index is 1.42. The zero-order valence-corrected chi connectivity index (χ0v) is 15.8. The second-order valence-corrected chi connectivity index (χ2v) is 6.73. The number of nitrogens with zero attached hydrogens (tertiary/aromatic N) is 5. The number of para-hydroxylation sites is 1. The van der Waals surface area contributed by atoms with Crippen LogP contribution in [0.5, 0.6) is 5.75 Å². The van der Waals surface area contributed by atoms with Gasteiger partial charge >= 0.3 is 0 Å². The molecule has 0 aliphatic carbocycles. The first-order valence-corrected chi connectivity index (χ1v) is 9.28. The lowest BCUT2D eigenvalue weighted by Crippen LogP contribution is -2.46. The van der Waals surface area contributed by atoms with E-state index in [4.69, 9.17) is 4.74 Å². The highest BCUT2D eigenvalue weighted by molar-refractivity contribution is 5.59. The maximum atomic E-state index is 13.5. The molecule has 7 heteroatoms. The van der Waals surface area contributed by atoms with E-state index in [-0.39, 0.29) is 5.82 Å². The van der Waals surface area contributed by atoms with Crippen LogP contribution >= 0.6 is 0 Å². The van der Waals surface area contributed by atoms with E-state index in [2.05, 4.69) is 31.0 Å². The Bertz CT molecular complexity index is 943. The predicted octanol–water partition coefficient (Wildman–Crippen LogP) is 3.01. The van der Waals surface area contributed by atoms with Gasteiger partial charge in [0.1, 0.15) is 11.6 Å². The number of halogens is 1. The van der Waals surface area contributed by atoms with Crippen molar-refractivity contribution in [3.63, 3.8) is 0 Å². The minimum atomic E-state index is -0.289. The lowest BCUT2D eigenvalue weighted by atomic mass is 10.1. The van der Waals surface area contributed by atoms with Crippen molar-refractivity contribution in [2.24, 2.45) is 0 Å². The Morgan fingerprint density at radius 3 is 2.64 bits per heavy atom. The molecule has 0 atom stereocenters. The van der Waals surface area contributed by atoms with E-state index in [1.54, 1.807) is 19.4 Å². The minimum absolute atomic E-state index is 0.289. The normalized spacial score (nSPS) is 14.9. The Kier molecular flexibility index (Phi) is 5.43. The van der Waals surface area contributed by atoms with Crippen LogP contribution in [0.15, 0.2) is 54.7 Å². The molecule has 1 aliphatic rings. The third kappa shape index (κ3) is 4.09. The molecule has 0 radical (unpaired) electrons. The topological polar surface area (TPSA) is 54.4 Å². The summed E-state index contributed by atoms with van der Waals surface area (Å²) >= 11 is 0. The Hall–Kier alpha value is -3.06. The molecule has 1 saturated heterocycles. The summed E-state index contributed by atoms with van der Waals surface area (Å²) < 4.78 is 18.9. The van der Waals surface area contributed by atoms with Gasteiger partial charge in [0.05, 0.1) is 19.0 Å². The highest BCUT2D eigenvalue weighted by Gasteiger charge is 2.20. The highest BCUT2D eigenvalue weighted by atomic mass is 19.1. The molecule has 0 amide bonds. The van der Waals surface area contributed by atoms with Crippen LogP contribution in [0.1, 0.15) is 5.56 Å².